The van der Waals surface area contributed by atoms with Gasteiger partial charge in [-0.3, -0.25) is 0 Å². The molecule has 1 aromatic carbocycles. The molecule has 0 radical (unpaired) electrons. The van der Waals surface area contributed by atoms with E-state index in [0.29, 0.717) is 12.5 Å². The van der Waals surface area contributed by atoms with Crippen LogP contribution in [0.25, 0.3) is 0 Å². The molecule has 0 saturated carbocycles. The first kappa shape index (κ1) is 13.2. The highest BCUT2D eigenvalue weighted by atomic mass is 16.5. The molecule has 2 N–H and O–H groups in total. The van der Waals surface area contributed by atoms with Gasteiger partial charge in [-0.05, 0) is 31.9 Å². The lowest BCUT2D eigenvalue weighted by molar-refractivity contribution is 0.0711. The van der Waals surface area contributed by atoms with Crippen molar-refractivity contribution in [1.29, 1.82) is 0 Å². The van der Waals surface area contributed by atoms with Crippen LogP contribution in [0.15, 0.2) is 18.2 Å². The van der Waals surface area contributed by atoms with Crippen molar-refractivity contribution in [3.63, 3.8) is 0 Å². The van der Waals surface area contributed by atoms with Gasteiger partial charge in [-0.15, -0.1) is 0 Å². The van der Waals surface area contributed by atoms with Crippen LogP contribution in [0, 0.1) is 5.92 Å². The van der Waals surface area contributed by atoms with Crippen LogP contribution in [-0.2, 0) is 0 Å². The summed E-state index contributed by atoms with van der Waals surface area (Å²) in [5.74, 6) is 2.22. The quantitative estimate of drug-likeness (QED) is 0.894. The van der Waals surface area contributed by atoms with Crippen molar-refractivity contribution >= 4 is 0 Å². The Morgan fingerprint density at radius 2 is 2.17 bits per heavy atom. The Kier molecular flexibility index (Phi) is 3.53. The number of hydrogen-bond donors (Lipinski definition) is 1. The molecule has 1 heterocycles. The Morgan fingerprint density at radius 3 is 2.83 bits per heavy atom. The average Bonchev–Trinajstić information content (AvgIpc) is 2.23. The summed E-state index contributed by atoms with van der Waals surface area (Å²) in [6.45, 7) is 9.10. The van der Waals surface area contributed by atoms with Crippen LogP contribution in [0.5, 0.6) is 11.5 Å². The molecular weight excluding hydrogens is 226 g/mol. The largest absolute Gasteiger partial charge is 0.493 e. The third-order valence-electron chi connectivity index (χ3n) is 3.07. The molecule has 0 bridgehead atoms. The Bertz CT molecular complexity index is 427. The zero-order valence-electron chi connectivity index (χ0n) is 11.7. The minimum absolute atomic E-state index is 0.0212. The highest BCUT2D eigenvalue weighted by Crippen LogP contribution is 2.43. The molecule has 100 valence electrons. The highest BCUT2D eigenvalue weighted by Gasteiger charge is 2.33. The molecule has 18 heavy (non-hydrogen) atoms. The van der Waals surface area contributed by atoms with Crippen molar-refractivity contribution in [2.45, 2.75) is 45.8 Å². The SMILES string of the molecule is CC(C)COc1cccc2c1C(N)CC(C)(C)O2. The number of benzene rings is 1. The maximum Gasteiger partial charge on any atom is 0.128 e. The fraction of sp³-hybridized carbons (Fsp3) is 0.600. The van der Waals surface area contributed by atoms with E-state index in [0.717, 1.165) is 23.5 Å². The zero-order chi connectivity index (χ0) is 13.3. The molecule has 1 aromatic rings. The van der Waals surface area contributed by atoms with E-state index in [1.165, 1.54) is 0 Å². The summed E-state index contributed by atoms with van der Waals surface area (Å²) >= 11 is 0. The van der Waals surface area contributed by atoms with Crippen molar-refractivity contribution < 1.29 is 9.47 Å². The first-order chi connectivity index (χ1) is 8.39. The third kappa shape index (κ3) is 2.78. The summed E-state index contributed by atoms with van der Waals surface area (Å²) in [7, 11) is 0. The standard InChI is InChI=1S/C15H23NO2/c1-10(2)9-17-12-6-5-7-13-14(12)11(16)8-15(3,4)18-13/h5-7,10-11H,8-9,16H2,1-4H3. The van der Waals surface area contributed by atoms with E-state index in [4.69, 9.17) is 15.2 Å². The minimum Gasteiger partial charge on any atom is -0.493 e. The van der Waals surface area contributed by atoms with Gasteiger partial charge in [0.1, 0.15) is 17.1 Å². The van der Waals surface area contributed by atoms with Gasteiger partial charge in [0.2, 0.25) is 0 Å². The van der Waals surface area contributed by atoms with Gasteiger partial charge in [0.25, 0.3) is 0 Å². The molecule has 0 saturated heterocycles. The van der Waals surface area contributed by atoms with E-state index in [9.17, 15) is 0 Å². The summed E-state index contributed by atoms with van der Waals surface area (Å²) in [6, 6.07) is 5.89. The molecule has 1 unspecified atom stereocenters. The smallest absolute Gasteiger partial charge is 0.128 e. The molecule has 1 atom stereocenters. The van der Waals surface area contributed by atoms with Gasteiger partial charge in [0.15, 0.2) is 0 Å². The van der Waals surface area contributed by atoms with Crippen LogP contribution in [-0.4, -0.2) is 12.2 Å². The number of ether oxygens (including phenoxy) is 2. The van der Waals surface area contributed by atoms with Crippen LogP contribution in [0.4, 0.5) is 0 Å². The van der Waals surface area contributed by atoms with Crippen molar-refractivity contribution in [1.82, 2.24) is 0 Å². The minimum atomic E-state index is -0.205. The van der Waals surface area contributed by atoms with Gasteiger partial charge in [-0.25, -0.2) is 0 Å². The second-order valence-corrected chi connectivity index (χ2v) is 6.05. The van der Waals surface area contributed by atoms with Gasteiger partial charge < -0.3 is 15.2 Å². The van der Waals surface area contributed by atoms with E-state index >= 15 is 0 Å². The molecule has 0 aromatic heterocycles. The zero-order valence-corrected chi connectivity index (χ0v) is 11.7. The third-order valence-corrected chi connectivity index (χ3v) is 3.07. The molecule has 1 aliphatic heterocycles. The van der Waals surface area contributed by atoms with Crippen LogP contribution in [0.2, 0.25) is 0 Å². The number of nitrogens with two attached hydrogens (primary N) is 1. The number of hydrogen-bond acceptors (Lipinski definition) is 3. The molecule has 0 fully saturated rings. The molecule has 1 aliphatic rings. The molecule has 2 rings (SSSR count). The first-order valence-electron chi connectivity index (χ1n) is 6.59. The summed E-state index contributed by atoms with van der Waals surface area (Å²) in [5, 5.41) is 0. The van der Waals surface area contributed by atoms with Gasteiger partial charge in [-0.1, -0.05) is 19.9 Å². The summed E-state index contributed by atoms with van der Waals surface area (Å²) in [4.78, 5) is 0. The van der Waals surface area contributed by atoms with Crippen molar-refractivity contribution in [3.05, 3.63) is 23.8 Å². The molecule has 0 aliphatic carbocycles. The Balaban J connectivity index is 2.29. The lowest BCUT2D eigenvalue weighted by atomic mass is 9.90. The normalized spacial score (nSPS) is 21.3. The van der Waals surface area contributed by atoms with Gasteiger partial charge >= 0.3 is 0 Å². The number of fused-ring (bicyclic) bond motifs is 1. The Labute approximate surface area is 109 Å². The molecule has 0 spiro atoms. The predicted molar refractivity (Wildman–Crippen MR) is 73.0 cm³/mol. The van der Waals surface area contributed by atoms with E-state index in [1.54, 1.807) is 0 Å². The average molecular weight is 249 g/mol. The van der Waals surface area contributed by atoms with Crippen molar-refractivity contribution in [2.24, 2.45) is 11.7 Å². The van der Waals surface area contributed by atoms with Gasteiger partial charge in [0.05, 0.1) is 12.2 Å². The number of rotatable bonds is 3. The van der Waals surface area contributed by atoms with E-state index < -0.39 is 0 Å². The first-order valence-corrected chi connectivity index (χ1v) is 6.59. The second kappa shape index (κ2) is 4.81. The lowest BCUT2D eigenvalue weighted by Crippen LogP contribution is -2.37. The topological polar surface area (TPSA) is 44.5 Å². The van der Waals surface area contributed by atoms with Crippen LogP contribution in [0.3, 0.4) is 0 Å². The van der Waals surface area contributed by atoms with E-state index in [1.807, 2.05) is 18.2 Å². The van der Waals surface area contributed by atoms with Crippen molar-refractivity contribution in [3.8, 4) is 11.5 Å². The second-order valence-electron chi connectivity index (χ2n) is 6.05. The fourth-order valence-electron chi connectivity index (χ4n) is 2.33. The molecule has 3 nitrogen and oxygen atoms in total. The predicted octanol–water partition coefficient (Wildman–Crippen LogP) is 3.28. The lowest BCUT2D eigenvalue weighted by Gasteiger charge is -2.36. The van der Waals surface area contributed by atoms with E-state index in [-0.39, 0.29) is 11.6 Å². The molecule has 0 amide bonds. The van der Waals surface area contributed by atoms with Crippen molar-refractivity contribution in [2.75, 3.05) is 6.61 Å². The summed E-state index contributed by atoms with van der Waals surface area (Å²) in [6.07, 6.45) is 0.808. The monoisotopic (exact) mass is 249 g/mol. The van der Waals surface area contributed by atoms with Crippen LogP contribution < -0.4 is 15.2 Å². The maximum atomic E-state index is 6.27. The Morgan fingerprint density at radius 1 is 1.44 bits per heavy atom. The molecule has 3 heteroatoms. The van der Waals surface area contributed by atoms with Crippen LogP contribution >= 0.6 is 0 Å². The summed E-state index contributed by atoms with van der Waals surface area (Å²) in [5.41, 5.74) is 7.08. The van der Waals surface area contributed by atoms with Gasteiger partial charge in [0, 0.05) is 12.5 Å². The maximum absolute atomic E-state index is 6.27. The fourth-order valence-corrected chi connectivity index (χ4v) is 2.33. The molecular formula is C15H23NO2. The van der Waals surface area contributed by atoms with Crippen LogP contribution in [0.1, 0.15) is 45.7 Å². The Hall–Kier alpha value is -1.22. The van der Waals surface area contributed by atoms with Gasteiger partial charge in [-0.2, -0.15) is 0 Å². The summed E-state index contributed by atoms with van der Waals surface area (Å²) < 4.78 is 11.8. The van der Waals surface area contributed by atoms with E-state index in [2.05, 4.69) is 27.7 Å². The highest BCUT2D eigenvalue weighted by molar-refractivity contribution is 5.48.